The maximum absolute atomic E-state index is 5.35. The molecule has 3 aromatic heterocycles. The van der Waals surface area contributed by atoms with Gasteiger partial charge in [0, 0.05) is 11.8 Å². The summed E-state index contributed by atoms with van der Waals surface area (Å²) in [5.74, 6) is 0.468. The number of nitrogen functional groups attached to an aromatic ring is 1. The number of pyridine rings is 1. The summed E-state index contributed by atoms with van der Waals surface area (Å²) in [4.78, 5) is 8.21. The first-order valence-electron chi connectivity index (χ1n) is 4.26. The summed E-state index contributed by atoms with van der Waals surface area (Å²) in [6.07, 6.45) is 1.71. The zero-order valence-corrected chi connectivity index (χ0v) is 8.36. The van der Waals surface area contributed by atoms with Crippen molar-refractivity contribution in [3.63, 3.8) is 0 Å². The number of hydrogen-bond donors (Lipinski definition) is 1. The summed E-state index contributed by atoms with van der Waals surface area (Å²) in [5.41, 5.74) is 7.13. The van der Waals surface area contributed by atoms with Crippen molar-refractivity contribution in [1.29, 1.82) is 0 Å². The van der Waals surface area contributed by atoms with E-state index in [9.17, 15) is 0 Å². The molecule has 0 spiro atoms. The summed E-state index contributed by atoms with van der Waals surface area (Å²) in [5, 5.41) is 5.72. The number of aromatic nitrogens is 3. The lowest BCUT2D eigenvalue weighted by Crippen LogP contribution is -1.84. The van der Waals surface area contributed by atoms with E-state index < -0.39 is 0 Å². The molecule has 6 heteroatoms. The molecule has 0 unspecified atom stereocenters. The van der Waals surface area contributed by atoms with Crippen LogP contribution < -0.4 is 5.73 Å². The van der Waals surface area contributed by atoms with Gasteiger partial charge in [0.25, 0.3) is 0 Å². The third kappa shape index (κ3) is 1.35. The number of nitrogens with zero attached hydrogens (tertiary/aromatic N) is 3. The van der Waals surface area contributed by atoms with E-state index in [2.05, 4.69) is 15.1 Å². The Morgan fingerprint density at radius 2 is 2.33 bits per heavy atom. The summed E-state index contributed by atoms with van der Waals surface area (Å²) >= 11 is 1.62. The normalized spacial score (nSPS) is 10.9. The van der Waals surface area contributed by atoms with Crippen molar-refractivity contribution in [1.82, 2.24) is 15.1 Å². The number of rotatable bonds is 1. The van der Waals surface area contributed by atoms with Crippen LogP contribution in [0.2, 0.25) is 0 Å². The molecule has 15 heavy (non-hydrogen) atoms. The molecule has 0 saturated heterocycles. The molecule has 0 amide bonds. The molecule has 0 fully saturated rings. The topological polar surface area (TPSA) is 77.8 Å². The highest BCUT2D eigenvalue weighted by molar-refractivity contribution is 7.17. The Balaban J connectivity index is 2.18. The van der Waals surface area contributed by atoms with Gasteiger partial charge in [-0.25, -0.2) is 0 Å². The molecule has 3 heterocycles. The molecule has 3 aromatic rings. The largest absolute Gasteiger partial charge is 0.351 e. The van der Waals surface area contributed by atoms with Crippen LogP contribution in [-0.4, -0.2) is 15.1 Å². The molecule has 74 valence electrons. The lowest BCUT2D eigenvalue weighted by atomic mass is 10.2. The van der Waals surface area contributed by atoms with Crippen LogP contribution in [0, 0.1) is 0 Å². The smallest absolute Gasteiger partial charge is 0.319 e. The van der Waals surface area contributed by atoms with Crippen LogP contribution in [0.3, 0.4) is 0 Å². The van der Waals surface area contributed by atoms with Gasteiger partial charge in [-0.3, -0.25) is 4.98 Å². The van der Waals surface area contributed by atoms with Crippen molar-refractivity contribution in [3.8, 4) is 11.4 Å². The van der Waals surface area contributed by atoms with Gasteiger partial charge in [-0.05, 0) is 17.5 Å². The summed E-state index contributed by atoms with van der Waals surface area (Å²) in [6, 6.07) is 4.00. The van der Waals surface area contributed by atoms with Crippen molar-refractivity contribution >= 4 is 27.6 Å². The average Bonchev–Trinajstić information content (AvgIpc) is 2.84. The number of thiophene rings is 1. The van der Waals surface area contributed by atoms with Crippen LogP contribution in [0.15, 0.2) is 28.2 Å². The van der Waals surface area contributed by atoms with Crippen LogP contribution >= 0.6 is 11.3 Å². The summed E-state index contributed by atoms with van der Waals surface area (Å²) < 4.78 is 5.80. The van der Waals surface area contributed by atoms with Gasteiger partial charge in [0.1, 0.15) is 0 Å². The Bertz CT molecular complexity index is 615. The maximum atomic E-state index is 5.35. The molecular weight excluding hydrogens is 212 g/mol. The van der Waals surface area contributed by atoms with Crippen molar-refractivity contribution in [2.24, 2.45) is 0 Å². The quantitative estimate of drug-likeness (QED) is 0.675. The first kappa shape index (κ1) is 8.37. The van der Waals surface area contributed by atoms with Crippen molar-refractivity contribution in [2.45, 2.75) is 0 Å². The number of nitrogens with two attached hydrogens (primary N) is 1. The van der Waals surface area contributed by atoms with Crippen molar-refractivity contribution in [2.75, 3.05) is 5.73 Å². The van der Waals surface area contributed by atoms with E-state index in [1.165, 1.54) is 0 Å². The fourth-order valence-corrected chi connectivity index (χ4v) is 2.10. The van der Waals surface area contributed by atoms with E-state index in [1.54, 1.807) is 17.5 Å². The van der Waals surface area contributed by atoms with Gasteiger partial charge in [-0.15, -0.1) is 11.3 Å². The molecule has 0 aliphatic carbocycles. The third-order valence-corrected chi connectivity index (χ3v) is 2.86. The SMILES string of the molecule is Nc1nc(-c2cnc3ccsc3c2)no1. The molecule has 5 nitrogen and oxygen atoms in total. The van der Waals surface area contributed by atoms with Crippen LogP contribution in [0.5, 0.6) is 0 Å². The molecular formula is C9H6N4OS. The Morgan fingerprint density at radius 3 is 3.13 bits per heavy atom. The van der Waals surface area contributed by atoms with Gasteiger partial charge >= 0.3 is 6.01 Å². The molecule has 0 aromatic carbocycles. The van der Waals surface area contributed by atoms with Gasteiger partial charge < -0.3 is 10.3 Å². The summed E-state index contributed by atoms with van der Waals surface area (Å²) in [6.45, 7) is 0. The Labute approximate surface area is 88.6 Å². The fraction of sp³-hybridized carbons (Fsp3) is 0. The molecule has 3 rings (SSSR count). The lowest BCUT2D eigenvalue weighted by molar-refractivity contribution is 0.437. The highest BCUT2D eigenvalue weighted by Crippen LogP contribution is 2.24. The monoisotopic (exact) mass is 218 g/mol. The highest BCUT2D eigenvalue weighted by atomic mass is 32.1. The predicted octanol–water partition coefficient (Wildman–Crippen LogP) is 1.93. The van der Waals surface area contributed by atoms with Gasteiger partial charge in [0.2, 0.25) is 5.82 Å². The third-order valence-electron chi connectivity index (χ3n) is 2.00. The minimum absolute atomic E-state index is 0.0660. The standard InChI is InChI=1S/C9H6N4OS/c10-9-12-8(13-14-9)5-3-7-6(11-4-5)1-2-15-7/h1-4H,(H2,10,12,13). The molecule has 0 radical (unpaired) electrons. The molecule has 0 bridgehead atoms. The Morgan fingerprint density at radius 1 is 1.40 bits per heavy atom. The maximum Gasteiger partial charge on any atom is 0.319 e. The van der Waals surface area contributed by atoms with Crippen molar-refractivity contribution in [3.05, 3.63) is 23.7 Å². The first-order chi connectivity index (χ1) is 7.33. The van der Waals surface area contributed by atoms with E-state index in [0.717, 1.165) is 15.8 Å². The Kier molecular flexibility index (Phi) is 1.69. The van der Waals surface area contributed by atoms with E-state index in [-0.39, 0.29) is 6.01 Å². The minimum Gasteiger partial charge on any atom is -0.351 e. The Hall–Kier alpha value is -1.95. The first-order valence-corrected chi connectivity index (χ1v) is 5.14. The predicted molar refractivity (Wildman–Crippen MR) is 57.3 cm³/mol. The second-order valence-electron chi connectivity index (χ2n) is 2.98. The highest BCUT2D eigenvalue weighted by Gasteiger charge is 2.07. The van der Waals surface area contributed by atoms with E-state index in [4.69, 9.17) is 10.3 Å². The second kappa shape index (κ2) is 3.03. The molecule has 0 aliphatic rings. The van der Waals surface area contributed by atoms with Crippen LogP contribution in [0.25, 0.3) is 21.6 Å². The zero-order chi connectivity index (χ0) is 10.3. The zero-order valence-electron chi connectivity index (χ0n) is 7.54. The second-order valence-corrected chi connectivity index (χ2v) is 3.93. The molecule has 0 saturated carbocycles. The van der Waals surface area contributed by atoms with Crippen LogP contribution in [-0.2, 0) is 0 Å². The van der Waals surface area contributed by atoms with E-state index >= 15 is 0 Å². The minimum atomic E-state index is 0.0660. The molecule has 0 aliphatic heterocycles. The number of hydrogen-bond acceptors (Lipinski definition) is 6. The van der Waals surface area contributed by atoms with Crippen LogP contribution in [0.4, 0.5) is 6.01 Å². The van der Waals surface area contributed by atoms with Crippen molar-refractivity contribution < 1.29 is 4.52 Å². The molecule has 0 atom stereocenters. The number of fused-ring (bicyclic) bond motifs is 1. The van der Waals surface area contributed by atoms with Gasteiger partial charge in [-0.1, -0.05) is 5.16 Å². The summed E-state index contributed by atoms with van der Waals surface area (Å²) in [7, 11) is 0. The van der Waals surface area contributed by atoms with Gasteiger partial charge in [0.05, 0.1) is 10.2 Å². The van der Waals surface area contributed by atoms with E-state index in [0.29, 0.717) is 5.82 Å². The van der Waals surface area contributed by atoms with Gasteiger partial charge in [-0.2, -0.15) is 4.98 Å². The fourth-order valence-electron chi connectivity index (χ4n) is 1.32. The number of anilines is 1. The van der Waals surface area contributed by atoms with E-state index in [1.807, 2.05) is 17.5 Å². The van der Waals surface area contributed by atoms with Gasteiger partial charge in [0.15, 0.2) is 0 Å². The van der Waals surface area contributed by atoms with Crippen LogP contribution in [0.1, 0.15) is 0 Å². The lowest BCUT2D eigenvalue weighted by Gasteiger charge is -1.93. The average molecular weight is 218 g/mol. The molecule has 2 N–H and O–H groups in total.